The van der Waals surface area contributed by atoms with Crippen molar-refractivity contribution >= 4 is 26.9 Å². The highest BCUT2D eigenvalue weighted by atomic mass is 32.2. The number of hydrogen-bond acceptors (Lipinski definition) is 5. The number of fused-ring (bicyclic) bond motifs is 2. The third kappa shape index (κ3) is 2.97. The Bertz CT molecular complexity index is 1550. The average Bonchev–Trinajstić information content (AvgIpc) is 3.32. The highest BCUT2D eigenvalue weighted by molar-refractivity contribution is 7.89. The van der Waals surface area contributed by atoms with Crippen LogP contribution in [0.5, 0.6) is 0 Å². The first-order valence-corrected chi connectivity index (χ1v) is 12.4. The molecule has 34 heavy (non-hydrogen) atoms. The summed E-state index contributed by atoms with van der Waals surface area (Å²) in [5.74, 6) is -0.399. The SMILES string of the molecule is Cc1noc(C)c1CN1C(C)(c2c(C)n(CC(=O)O)c3ccccc23)c2ccccc2S1(=O)=O. The summed E-state index contributed by atoms with van der Waals surface area (Å²) in [5, 5.41) is 14.4. The zero-order valence-corrected chi connectivity index (χ0v) is 20.2. The van der Waals surface area contributed by atoms with E-state index in [2.05, 4.69) is 5.16 Å². The molecule has 8 nitrogen and oxygen atoms in total. The van der Waals surface area contributed by atoms with Gasteiger partial charge in [0.25, 0.3) is 0 Å². The van der Waals surface area contributed by atoms with Gasteiger partial charge in [-0.15, -0.1) is 0 Å². The summed E-state index contributed by atoms with van der Waals surface area (Å²) in [5.41, 5.74) is 3.15. The van der Waals surface area contributed by atoms with Crippen LogP contribution in [0.25, 0.3) is 10.9 Å². The van der Waals surface area contributed by atoms with Gasteiger partial charge >= 0.3 is 5.97 Å². The number of aromatic nitrogens is 2. The quantitative estimate of drug-likeness (QED) is 0.462. The second-order valence-corrected chi connectivity index (χ2v) is 10.7. The van der Waals surface area contributed by atoms with Crippen molar-refractivity contribution in [2.45, 2.75) is 51.2 Å². The van der Waals surface area contributed by atoms with Crippen molar-refractivity contribution in [3.8, 4) is 0 Å². The fourth-order valence-electron chi connectivity index (χ4n) is 5.35. The Morgan fingerprint density at radius 2 is 1.76 bits per heavy atom. The average molecular weight is 480 g/mol. The van der Waals surface area contributed by atoms with Crippen LogP contribution in [0.15, 0.2) is 57.9 Å². The highest BCUT2D eigenvalue weighted by Crippen LogP contribution is 2.52. The monoisotopic (exact) mass is 479 g/mol. The van der Waals surface area contributed by atoms with Gasteiger partial charge in [0.1, 0.15) is 12.3 Å². The zero-order valence-electron chi connectivity index (χ0n) is 19.4. The summed E-state index contributed by atoms with van der Waals surface area (Å²) < 4.78 is 36.4. The number of benzene rings is 2. The lowest BCUT2D eigenvalue weighted by molar-refractivity contribution is -0.137. The van der Waals surface area contributed by atoms with E-state index in [1.807, 2.05) is 50.2 Å². The third-order valence-corrected chi connectivity index (χ3v) is 8.96. The van der Waals surface area contributed by atoms with Crippen LogP contribution in [0.1, 0.15) is 40.8 Å². The number of carboxylic acids is 1. The van der Waals surface area contributed by atoms with Gasteiger partial charge in [-0.3, -0.25) is 4.79 Å². The Morgan fingerprint density at radius 1 is 1.09 bits per heavy atom. The molecule has 1 aliphatic rings. The molecular formula is C25H25N3O5S. The van der Waals surface area contributed by atoms with E-state index in [0.29, 0.717) is 22.7 Å². The molecule has 2 aromatic heterocycles. The lowest BCUT2D eigenvalue weighted by atomic mass is 9.82. The minimum atomic E-state index is -3.87. The number of rotatable bonds is 5. The van der Waals surface area contributed by atoms with Crippen LogP contribution in [0.4, 0.5) is 0 Å². The number of para-hydroxylation sites is 1. The number of sulfonamides is 1. The van der Waals surface area contributed by atoms with Crippen LogP contribution in [0, 0.1) is 20.8 Å². The van der Waals surface area contributed by atoms with E-state index in [1.165, 1.54) is 4.31 Å². The van der Waals surface area contributed by atoms with Gasteiger partial charge in [-0.05, 0) is 45.4 Å². The summed E-state index contributed by atoms with van der Waals surface area (Å²) in [6.07, 6.45) is 0. The maximum Gasteiger partial charge on any atom is 0.323 e. The summed E-state index contributed by atoms with van der Waals surface area (Å²) >= 11 is 0. The minimum absolute atomic E-state index is 0.0759. The normalized spacial score (nSPS) is 19.5. The van der Waals surface area contributed by atoms with Crippen LogP contribution in [0.3, 0.4) is 0 Å². The number of carboxylic acid groups (broad SMARTS) is 1. The van der Waals surface area contributed by atoms with Crippen molar-refractivity contribution in [2.24, 2.45) is 0 Å². The molecule has 0 saturated heterocycles. The molecule has 0 radical (unpaired) electrons. The van der Waals surface area contributed by atoms with Crippen molar-refractivity contribution in [2.75, 3.05) is 0 Å². The van der Waals surface area contributed by atoms with Gasteiger partial charge in [0.15, 0.2) is 0 Å². The predicted octanol–water partition coefficient (Wildman–Crippen LogP) is 4.11. The lowest BCUT2D eigenvalue weighted by Gasteiger charge is -2.35. The molecular weight excluding hydrogens is 454 g/mol. The third-order valence-electron chi connectivity index (χ3n) is 6.97. The van der Waals surface area contributed by atoms with E-state index in [9.17, 15) is 18.3 Å². The van der Waals surface area contributed by atoms with Gasteiger partial charge < -0.3 is 14.2 Å². The molecule has 0 aliphatic carbocycles. The Kier molecular flexibility index (Phi) is 4.96. The maximum atomic E-state index is 13.9. The fourth-order valence-corrected chi connectivity index (χ4v) is 7.35. The first kappa shape index (κ1) is 22.4. The summed E-state index contributed by atoms with van der Waals surface area (Å²) in [6.45, 7) is 7.17. The zero-order chi connectivity index (χ0) is 24.4. The van der Waals surface area contributed by atoms with Gasteiger partial charge in [0, 0.05) is 34.3 Å². The van der Waals surface area contributed by atoms with Crippen LogP contribution in [-0.4, -0.2) is 33.5 Å². The molecule has 1 unspecified atom stereocenters. The molecule has 0 bridgehead atoms. The van der Waals surface area contributed by atoms with Crippen LogP contribution in [-0.2, 0) is 33.4 Å². The highest BCUT2D eigenvalue weighted by Gasteiger charge is 2.54. The van der Waals surface area contributed by atoms with E-state index in [4.69, 9.17) is 4.52 Å². The van der Waals surface area contributed by atoms with E-state index in [1.54, 1.807) is 30.5 Å². The van der Waals surface area contributed by atoms with Crippen LogP contribution >= 0.6 is 0 Å². The van der Waals surface area contributed by atoms with E-state index < -0.39 is 21.5 Å². The smallest absolute Gasteiger partial charge is 0.323 e. The van der Waals surface area contributed by atoms with Gasteiger partial charge in [0.2, 0.25) is 10.0 Å². The Hall–Kier alpha value is -3.43. The molecule has 3 heterocycles. The molecule has 1 N–H and O–H groups in total. The first-order valence-electron chi connectivity index (χ1n) is 10.9. The molecule has 0 fully saturated rings. The minimum Gasteiger partial charge on any atom is -0.480 e. The van der Waals surface area contributed by atoms with Gasteiger partial charge in [-0.25, -0.2) is 8.42 Å². The molecule has 4 aromatic rings. The predicted molar refractivity (Wildman–Crippen MR) is 126 cm³/mol. The van der Waals surface area contributed by atoms with Gasteiger partial charge in [-0.2, -0.15) is 4.31 Å². The molecule has 5 rings (SSSR count). The van der Waals surface area contributed by atoms with Crippen molar-refractivity contribution in [1.29, 1.82) is 0 Å². The molecule has 0 saturated carbocycles. The van der Waals surface area contributed by atoms with E-state index in [-0.39, 0.29) is 18.0 Å². The number of nitrogens with zero attached hydrogens (tertiary/aromatic N) is 3. The Morgan fingerprint density at radius 3 is 2.44 bits per heavy atom. The van der Waals surface area contributed by atoms with Crippen molar-refractivity contribution in [1.82, 2.24) is 14.0 Å². The first-order chi connectivity index (χ1) is 16.1. The number of aliphatic carboxylic acids is 1. The van der Waals surface area contributed by atoms with Crippen molar-refractivity contribution in [3.63, 3.8) is 0 Å². The summed E-state index contributed by atoms with van der Waals surface area (Å²) in [7, 11) is -3.87. The second-order valence-electron chi connectivity index (χ2n) is 8.84. The molecule has 1 aliphatic heterocycles. The van der Waals surface area contributed by atoms with Crippen molar-refractivity contribution in [3.05, 3.63) is 82.4 Å². The molecule has 176 valence electrons. The van der Waals surface area contributed by atoms with Gasteiger partial charge in [0.05, 0.1) is 16.1 Å². The second kappa shape index (κ2) is 7.54. The standard InChI is InChI=1S/C25H25N3O5S/c1-15-19(17(3)33-26-15)13-28-25(4,20-10-6-8-12-22(20)34(28,31)32)24-16(2)27(14-23(29)30)21-11-7-5-9-18(21)24/h5-12H,13-14H2,1-4H3,(H,29,30). The molecule has 0 amide bonds. The largest absolute Gasteiger partial charge is 0.480 e. The molecule has 2 aromatic carbocycles. The maximum absolute atomic E-state index is 13.9. The number of hydrogen-bond donors (Lipinski definition) is 1. The molecule has 1 atom stereocenters. The Labute approximate surface area is 197 Å². The molecule has 9 heteroatoms. The molecule has 0 spiro atoms. The van der Waals surface area contributed by atoms with E-state index >= 15 is 0 Å². The summed E-state index contributed by atoms with van der Waals surface area (Å²) in [6, 6.07) is 14.5. The topological polar surface area (TPSA) is 106 Å². The van der Waals surface area contributed by atoms with Crippen molar-refractivity contribution < 1.29 is 22.8 Å². The van der Waals surface area contributed by atoms with E-state index in [0.717, 1.165) is 22.0 Å². The van der Waals surface area contributed by atoms with Crippen LogP contribution < -0.4 is 0 Å². The Balaban J connectivity index is 1.85. The van der Waals surface area contributed by atoms with Gasteiger partial charge in [-0.1, -0.05) is 41.6 Å². The number of carbonyl (C=O) groups is 1. The summed E-state index contributed by atoms with van der Waals surface area (Å²) in [4.78, 5) is 11.9. The number of aryl methyl sites for hydroxylation is 2. The fraction of sp³-hybridized carbons (Fsp3) is 0.280. The lowest BCUT2D eigenvalue weighted by Crippen LogP contribution is -2.42. The van der Waals surface area contributed by atoms with Crippen LogP contribution in [0.2, 0.25) is 0 Å².